The maximum atomic E-state index is 12.2. The molecule has 0 saturated heterocycles. The standard InChI is InChI=1S/C15H21N3O2S/c1-8(2)6-7-18-15-10(14(20)17-3)11(16)13(21-15)12(19)9-4-5-9/h6,9,18H,4-5,7,16H2,1-3H3,(H,17,20). The largest absolute Gasteiger partial charge is 0.397 e. The predicted octanol–water partition coefficient (Wildman–Crippen LogP) is 2.66. The molecule has 0 spiro atoms. The molecule has 1 aliphatic rings. The zero-order chi connectivity index (χ0) is 15.6. The molecule has 0 atom stereocenters. The average molecular weight is 307 g/mol. The zero-order valence-corrected chi connectivity index (χ0v) is 13.4. The molecule has 1 amide bonds. The van der Waals surface area contributed by atoms with Crippen molar-refractivity contribution in [1.82, 2.24) is 5.32 Å². The summed E-state index contributed by atoms with van der Waals surface area (Å²) in [7, 11) is 1.56. The summed E-state index contributed by atoms with van der Waals surface area (Å²) in [5, 5.41) is 6.42. The van der Waals surface area contributed by atoms with Crippen LogP contribution in [-0.2, 0) is 0 Å². The molecule has 1 heterocycles. The highest BCUT2D eigenvalue weighted by molar-refractivity contribution is 7.19. The zero-order valence-electron chi connectivity index (χ0n) is 12.6. The number of amides is 1. The van der Waals surface area contributed by atoms with E-state index < -0.39 is 0 Å². The van der Waals surface area contributed by atoms with Gasteiger partial charge in [-0.2, -0.15) is 0 Å². The van der Waals surface area contributed by atoms with Crippen LogP contribution in [0.3, 0.4) is 0 Å². The van der Waals surface area contributed by atoms with Crippen LogP contribution in [-0.4, -0.2) is 25.3 Å². The molecule has 114 valence electrons. The van der Waals surface area contributed by atoms with Crippen LogP contribution >= 0.6 is 11.3 Å². The summed E-state index contributed by atoms with van der Waals surface area (Å²) in [5.74, 6) is -0.106. The van der Waals surface area contributed by atoms with Crippen molar-refractivity contribution in [2.24, 2.45) is 5.92 Å². The van der Waals surface area contributed by atoms with Gasteiger partial charge >= 0.3 is 0 Å². The third kappa shape index (κ3) is 3.44. The van der Waals surface area contributed by atoms with Crippen molar-refractivity contribution in [3.63, 3.8) is 0 Å². The quantitative estimate of drug-likeness (QED) is 0.557. The number of nitrogens with two attached hydrogens (primary N) is 1. The molecule has 0 radical (unpaired) electrons. The summed E-state index contributed by atoms with van der Waals surface area (Å²) >= 11 is 1.28. The number of carbonyl (C=O) groups is 2. The van der Waals surface area contributed by atoms with Crippen LogP contribution in [0.5, 0.6) is 0 Å². The van der Waals surface area contributed by atoms with Crippen LogP contribution in [0.25, 0.3) is 0 Å². The Bertz CT molecular complexity index is 596. The van der Waals surface area contributed by atoms with Crippen molar-refractivity contribution in [1.29, 1.82) is 0 Å². The molecule has 2 rings (SSSR count). The van der Waals surface area contributed by atoms with Crippen molar-refractivity contribution in [2.75, 3.05) is 24.6 Å². The molecular weight excluding hydrogens is 286 g/mol. The van der Waals surface area contributed by atoms with Gasteiger partial charge in [0.2, 0.25) is 0 Å². The van der Waals surface area contributed by atoms with Crippen LogP contribution in [0.2, 0.25) is 0 Å². The van der Waals surface area contributed by atoms with Crippen LogP contribution in [0, 0.1) is 5.92 Å². The van der Waals surface area contributed by atoms with Crippen molar-refractivity contribution in [2.45, 2.75) is 26.7 Å². The van der Waals surface area contributed by atoms with E-state index in [0.717, 1.165) is 12.8 Å². The first-order valence-electron chi connectivity index (χ1n) is 7.01. The maximum Gasteiger partial charge on any atom is 0.256 e. The molecule has 1 fully saturated rings. The van der Waals surface area contributed by atoms with Gasteiger partial charge in [-0.05, 0) is 26.7 Å². The van der Waals surface area contributed by atoms with E-state index in [1.165, 1.54) is 16.9 Å². The highest BCUT2D eigenvalue weighted by Crippen LogP contribution is 2.41. The van der Waals surface area contributed by atoms with E-state index in [4.69, 9.17) is 5.73 Å². The molecule has 0 aliphatic heterocycles. The van der Waals surface area contributed by atoms with Gasteiger partial charge in [-0.15, -0.1) is 11.3 Å². The highest BCUT2D eigenvalue weighted by Gasteiger charge is 2.34. The molecule has 6 heteroatoms. The second-order valence-electron chi connectivity index (χ2n) is 5.43. The Hall–Kier alpha value is -1.82. The minimum atomic E-state index is -0.265. The van der Waals surface area contributed by atoms with Crippen molar-refractivity contribution in [3.05, 3.63) is 22.1 Å². The molecule has 1 aromatic heterocycles. The molecule has 1 aliphatic carbocycles. The number of rotatable bonds is 6. The van der Waals surface area contributed by atoms with Gasteiger partial charge in [0, 0.05) is 19.5 Å². The molecule has 1 aromatic rings. The molecule has 0 unspecified atom stereocenters. The third-order valence-corrected chi connectivity index (χ3v) is 4.52. The number of nitrogen functional groups attached to an aromatic ring is 1. The minimum absolute atomic E-state index is 0.0675. The number of carbonyl (C=O) groups excluding carboxylic acids is 2. The first-order valence-corrected chi connectivity index (χ1v) is 7.83. The SMILES string of the molecule is CNC(=O)c1c(NCC=C(C)C)sc(C(=O)C2CC2)c1N. The number of allylic oxidation sites excluding steroid dienone is 1. The second-order valence-corrected chi connectivity index (χ2v) is 6.45. The molecule has 5 nitrogen and oxygen atoms in total. The van der Waals surface area contributed by atoms with Gasteiger partial charge in [0.25, 0.3) is 5.91 Å². The van der Waals surface area contributed by atoms with Gasteiger partial charge in [-0.1, -0.05) is 11.6 Å². The first-order chi connectivity index (χ1) is 9.95. The predicted molar refractivity (Wildman–Crippen MR) is 87.1 cm³/mol. The first kappa shape index (κ1) is 15.6. The van der Waals surface area contributed by atoms with Gasteiger partial charge in [-0.3, -0.25) is 9.59 Å². The molecule has 4 N–H and O–H groups in total. The van der Waals surface area contributed by atoms with E-state index in [2.05, 4.69) is 10.6 Å². The third-order valence-electron chi connectivity index (χ3n) is 3.34. The number of Topliss-reactive ketones (excluding diaryl/α,β-unsaturated/α-hetero) is 1. The van der Waals surface area contributed by atoms with Gasteiger partial charge in [0.05, 0.1) is 16.1 Å². The summed E-state index contributed by atoms with van der Waals surface area (Å²) < 4.78 is 0. The Balaban J connectivity index is 2.32. The Labute approximate surface area is 128 Å². The fourth-order valence-electron chi connectivity index (χ4n) is 1.98. The summed E-state index contributed by atoms with van der Waals surface area (Å²) in [6.45, 7) is 4.61. The Morgan fingerprint density at radius 3 is 2.57 bits per heavy atom. The molecule has 21 heavy (non-hydrogen) atoms. The number of hydrogen-bond donors (Lipinski definition) is 3. The summed E-state index contributed by atoms with van der Waals surface area (Å²) in [6, 6.07) is 0. The van der Waals surface area contributed by atoms with Crippen molar-refractivity contribution in [3.8, 4) is 0 Å². The average Bonchev–Trinajstić information content (AvgIpc) is 3.22. The smallest absolute Gasteiger partial charge is 0.256 e. The number of anilines is 2. The summed E-state index contributed by atoms with van der Waals surface area (Å²) in [4.78, 5) is 24.8. The van der Waals surface area contributed by atoms with E-state index in [1.807, 2.05) is 19.9 Å². The minimum Gasteiger partial charge on any atom is -0.397 e. The fourth-order valence-corrected chi connectivity index (χ4v) is 3.12. The highest BCUT2D eigenvalue weighted by atomic mass is 32.1. The monoisotopic (exact) mass is 307 g/mol. The topological polar surface area (TPSA) is 84.2 Å². The molecular formula is C15H21N3O2S. The second kappa shape index (κ2) is 6.30. The van der Waals surface area contributed by atoms with Crippen molar-refractivity contribution < 1.29 is 9.59 Å². The van der Waals surface area contributed by atoms with Gasteiger partial charge in [0.1, 0.15) is 5.00 Å². The summed E-state index contributed by atoms with van der Waals surface area (Å²) in [5.41, 5.74) is 7.92. The molecule has 0 bridgehead atoms. The van der Waals surface area contributed by atoms with E-state index >= 15 is 0 Å². The fraction of sp³-hybridized carbons (Fsp3) is 0.467. The Morgan fingerprint density at radius 1 is 1.38 bits per heavy atom. The number of nitrogens with one attached hydrogen (secondary N) is 2. The number of ketones is 1. The van der Waals surface area contributed by atoms with Crippen LogP contribution in [0.15, 0.2) is 11.6 Å². The Morgan fingerprint density at radius 2 is 2.05 bits per heavy atom. The van der Waals surface area contributed by atoms with Crippen LogP contribution in [0.1, 0.15) is 46.7 Å². The lowest BCUT2D eigenvalue weighted by Crippen LogP contribution is -2.20. The lowest BCUT2D eigenvalue weighted by molar-refractivity contribution is 0.0964. The van der Waals surface area contributed by atoms with Gasteiger partial charge in [-0.25, -0.2) is 0 Å². The number of thiophene rings is 1. The molecule has 0 aromatic carbocycles. The normalized spacial score (nSPS) is 13.7. The van der Waals surface area contributed by atoms with Gasteiger partial charge < -0.3 is 16.4 Å². The lowest BCUT2D eigenvalue weighted by atomic mass is 10.1. The maximum absolute atomic E-state index is 12.2. The Kier molecular flexibility index (Phi) is 4.67. The van der Waals surface area contributed by atoms with E-state index in [-0.39, 0.29) is 17.6 Å². The molecule has 1 saturated carbocycles. The van der Waals surface area contributed by atoms with Crippen LogP contribution < -0.4 is 16.4 Å². The van der Waals surface area contributed by atoms with E-state index in [0.29, 0.717) is 27.7 Å². The number of hydrogen-bond acceptors (Lipinski definition) is 5. The van der Waals surface area contributed by atoms with Crippen molar-refractivity contribution >= 4 is 33.7 Å². The van der Waals surface area contributed by atoms with E-state index in [9.17, 15) is 9.59 Å². The van der Waals surface area contributed by atoms with Crippen LogP contribution in [0.4, 0.5) is 10.7 Å². The van der Waals surface area contributed by atoms with E-state index in [1.54, 1.807) is 7.05 Å². The lowest BCUT2D eigenvalue weighted by Gasteiger charge is -2.05. The van der Waals surface area contributed by atoms with Gasteiger partial charge in [0.15, 0.2) is 5.78 Å². The summed E-state index contributed by atoms with van der Waals surface area (Å²) in [6.07, 6.45) is 3.87.